The van der Waals surface area contributed by atoms with Crippen molar-refractivity contribution in [2.45, 2.75) is 0 Å². The molecule has 0 aliphatic rings. The SMILES string of the molecule is COc1ccc(N)c(NC(=O)c2cncn2C)c1. The largest absolute Gasteiger partial charge is 0.497 e. The van der Waals surface area contributed by atoms with Crippen LogP contribution in [0.4, 0.5) is 11.4 Å². The lowest BCUT2D eigenvalue weighted by Crippen LogP contribution is -2.16. The van der Waals surface area contributed by atoms with Crippen molar-refractivity contribution >= 4 is 17.3 Å². The van der Waals surface area contributed by atoms with E-state index in [4.69, 9.17) is 10.5 Å². The van der Waals surface area contributed by atoms with Gasteiger partial charge in [0.25, 0.3) is 5.91 Å². The molecule has 0 atom stereocenters. The molecule has 6 nitrogen and oxygen atoms in total. The molecule has 0 unspecified atom stereocenters. The van der Waals surface area contributed by atoms with Gasteiger partial charge in [-0.15, -0.1) is 0 Å². The fourth-order valence-corrected chi connectivity index (χ4v) is 1.53. The number of nitrogen functional groups attached to an aromatic ring is 1. The topological polar surface area (TPSA) is 82.2 Å². The molecule has 94 valence electrons. The van der Waals surface area contributed by atoms with Crippen molar-refractivity contribution in [3.8, 4) is 5.75 Å². The van der Waals surface area contributed by atoms with Gasteiger partial charge in [-0.3, -0.25) is 4.79 Å². The number of ether oxygens (including phenoxy) is 1. The van der Waals surface area contributed by atoms with E-state index in [1.165, 1.54) is 6.20 Å². The number of hydrogen-bond donors (Lipinski definition) is 2. The number of carbonyl (C=O) groups is 1. The lowest BCUT2D eigenvalue weighted by Gasteiger charge is -2.10. The molecule has 1 heterocycles. The molecule has 18 heavy (non-hydrogen) atoms. The molecular weight excluding hydrogens is 232 g/mol. The molecule has 0 saturated heterocycles. The van der Waals surface area contributed by atoms with Crippen molar-refractivity contribution in [1.82, 2.24) is 9.55 Å². The normalized spacial score (nSPS) is 10.1. The molecule has 2 aromatic rings. The molecule has 2 rings (SSSR count). The molecule has 0 aliphatic heterocycles. The van der Waals surface area contributed by atoms with E-state index in [2.05, 4.69) is 10.3 Å². The van der Waals surface area contributed by atoms with E-state index in [0.29, 0.717) is 22.8 Å². The zero-order valence-electron chi connectivity index (χ0n) is 10.2. The van der Waals surface area contributed by atoms with Crippen LogP contribution < -0.4 is 15.8 Å². The summed E-state index contributed by atoms with van der Waals surface area (Å²) in [5.74, 6) is 0.361. The van der Waals surface area contributed by atoms with Crippen molar-refractivity contribution in [3.63, 3.8) is 0 Å². The molecule has 0 saturated carbocycles. The van der Waals surface area contributed by atoms with Gasteiger partial charge < -0.3 is 20.4 Å². The van der Waals surface area contributed by atoms with E-state index in [1.807, 2.05) is 0 Å². The van der Waals surface area contributed by atoms with Crippen LogP contribution >= 0.6 is 0 Å². The molecule has 0 spiro atoms. The number of benzene rings is 1. The maximum Gasteiger partial charge on any atom is 0.273 e. The van der Waals surface area contributed by atoms with Crippen LogP contribution in [0, 0.1) is 0 Å². The van der Waals surface area contributed by atoms with E-state index >= 15 is 0 Å². The number of carbonyl (C=O) groups excluding carboxylic acids is 1. The van der Waals surface area contributed by atoms with E-state index in [0.717, 1.165) is 0 Å². The van der Waals surface area contributed by atoms with E-state index < -0.39 is 0 Å². The predicted octanol–water partition coefficient (Wildman–Crippen LogP) is 1.26. The molecular formula is C12H14N4O2. The first-order valence-electron chi connectivity index (χ1n) is 5.33. The Morgan fingerprint density at radius 1 is 1.50 bits per heavy atom. The number of amides is 1. The van der Waals surface area contributed by atoms with Gasteiger partial charge in [0, 0.05) is 13.1 Å². The third-order valence-electron chi connectivity index (χ3n) is 2.56. The maximum atomic E-state index is 12.0. The number of aryl methyl sites for hydroxylation is 1. The predicted molar refractivity (Wildman–Crippen MR) is 68.6 cm³/mol. The highest BCUT2D eigenvalue weighted by Crippen LogP contribution is 2.24. The van der Waals surface area contributed by atoms with Crippen LogP contribution in [0.15, 0.2) is 30.7 Å². The number of anilines is 2. The number of rotatable bonds is 3. The zero-order chi connectivity index (χ0) is 13.1. The summed E-state index contributed by atoms with van der Waals surface area (Å²) >= 11 is 0. The second kappa shape index (κ2) is 4.79. The molecule has 0 radical (unpaired) electrons. The summed E-state index contributed by atoms with van der Waals surface area (Å²) in [6, 6.07) is 5.08. The Morgan fingerprint density at radius 2 is 2.28 bits per heavy atom. The summed E-state index contributed by atoms with van der Waals surface area (Å²) < 4.78 is 6.71. The van der Waals surface area contributed by atoms with Gasteiger partial charge in [-0.25, -0.2) is 4.98 Å². The number of nitrogens with two attached hydrogens (primary N) is 1. The fraction of sp³-hybridized carbons (Fsp3) is 0.167. The fourth-order valence-electron chi connectivity index (χ4n) is 1.53. The molecule has 1 aromatic heterocycles. The summed E-state index contributed by atoms with van der Waals surface area (Å²) in [5, 5.41) is 2.72. The van der Waals surface area contributed by atoms with Crippen LogP contribution in [-0.2, 0) is 7.05 Å². The summed E-state index contributed by atoms with van der Waals surface area (Å²) in [6.45, 7) is 0. The number of nitrogens with one attached hydrogen (secondary N) is 1. The minimum atomic E-state index is -0.269. The Kier molecular flexibility index (Phi) is 3.18. The Balaban J connectivity index is 2.24. The summed E-state index contributed by atoms with van der Waals surface area (Å²) in [7, 11) is 3.30. The lowest BCUT2D eigenvalue weighted by atomic mass is 10.2. The third kappa shape index (κ3) is 2.27. The van der Waals surface area contributed by atoms with Crippen molar-refractivity contribution < 1.29 is 9.53 Å². The van der Waals surface area contributed by atoms with Crippen molar-refractivity contribution in [3.05, 3.63) is 36.4 Å². The highest BCUT2D eigenvalue weighted by molar-refractivity contribution is 6.04. The van der Waals surface area contributed by atoms with Crippen molar-refractivity contribution in [1.29, 1.82) is 0 Å². The first kappa shape index (κ1) is 12.0. The first-order valence-corrected chi connectivity index (χ1v) is 5.33. The van der Waals surface area contributed by atoms with Gasteiger partial charge in [0.1, 0.15) is 11.4 Å². The number of nitrogens with zero attached hydrogens (tertiary/aromatic N) is 2. The highest BCUT2D eigenvalue weighted by Gasteiger charge is 2.11. The monoisotopic (exact) mass is 246 g/mol. The van der Waals surface area contributed by atoms with Gasteiger partial charge >= 0.3 is 0 Å². The standard InChI is InChI=1S/C12H14N4O2/c1-16-7-14-6-11(16)12(17)15-10-5-8(18-2)3-4-9(10)13/h3-7H,13H2,1-2H3,(H,15,17). The molecule has 0 aliphatic carbocycles. The van der Waals surface area contributed by atoms with Crippen LogP contribution in [0.1, 0.15) is 10.5 Å². The minimum absolute atomic E-state index is 0.269. The Morgan fingerprint density at radius 3 is 2.89 bits per heavy atom. The average Bonchev–Trinajstić information content (AvgIpc) is 2.78. The molecule has 3 N–H and O–H groups in total. The van der Waals surface area contributed by atoms with Gasteiger partial charge in [-0.05, 0) is 12.1 Å². The van der Waals surface area contributed by atoms with E-state index in [-0.39, 0.29) is 5.91 Å². The Bertz CT molecular complexity index is 577. The first-order chi connectivity index (χ1) is 8.61. The smallest absolute Gasteiger partial charge is 0.273 e. The van der Waals surface area contributed by atoms with Crippen LogP contribution in [0.25, 0.3) is 0 Å². The van der Waals surface area contributed by atoms with Crippen LogP contribution in [0.5, 0.6) is 5.75 Å². The summed E-state index contributed by atoms with van der Waals surface area (Å²) in [4.78, 5) is 15.9. The quantitative estimate of drug-likeness (QED) is 0.799. The maximum absolute atomic E-state index is 12.0. The average molecular weight is 246 g/mol. The number of imidazole rings is 1. The number of methoxy groups -OCH3 is 1. The Labute approximate surface area is 104 Å². The highest BCUT2D eigenvalue weighted by atomic mass is 16.5. The van der Waals surface area contributed by atoms with Gasteiger partial charge in [0.05, 0.1) is 31.0 Å². The van der Waals surface area contributed by atoms with Crippen LogP contribution in [0.2, 0.25) is 0 Å². The zero-order valence-corrected chi connectivity index (χ0v) is 10.2. The van der Waals surface area contributed by atoms with Crippen LogP contribution in [-0.4, -0.2) is 22.6 Å². The van der Waals surface area contributed by atoms with Crippen molar-refractivity contribution in [2.24, 2.45) is 7.05 Å². The number of aromatic nitrogens is 2. The summed E-state index contributed by atoms with van der Waals surface area (Å²) in [6.07, 6.45) is 3.05. The minimum Gasteiger partial charge on any atom is -0.497 e. The molecule has 0 bridgehead atoms. The van der Waals surface area contributed by atoms with Gasteiger partial charge in [0.2, 0.25) is 0 Å². The number of hydrogen-bond acceptors (Lipinski definition) is 4. The molecule has 6 heteroatoms. The molecule has 0 fully saturated rings. The lowest BCUT2D eigenvalue weighted by molar-refractivity contribution is 0.101. The van der Waals surface area contributed by atoms with E-state index in [1.54, 1.807) is 43.3 Å². The van der Waals surface area contributed by atoms with Crippen molar-refractivity contribution in [2.75, 3.05) is 18.2 Å². The third-order valence-corrected chi connectivity index (χ3v) is 2.56. The Hall–Kier alpha value is -2.50. The molecule has 1 aromatic carbocycles. The van der Waals surface area contributed by atoms with Gasteiger partial charge in [0.15, 0.2) is 0 Å². The van der Waals surface area contributed by atoms with Gasteiger partial charge in [-0.1, -0.05) is 0 Å². The molecule has 1 amide bonds. The second-order valence-electron chi connectivity index (χ2n) is 3.80. The van der Waals surface area contributed by atoms with Crippen LogP contribution in [0.3, 0.4) is 0 Å². The summed E-state index contributed by atoms with van der Waals surface area (Å²) in [5.41, 5.74) is 7.24. The second-order valence-corrected chi connectivity index (χ2v) is 3.80. The van der Waals surface area contributed by atoms with E-state index in [9.17, 15) is 4.79 Å². The van der Waals surface area contributed by atoms with Gasteiger partial charge in [-0.2, -0.15) is 0 Å².